The zero-order valence-electron chi connectivity index (χ0n) is 13.6. The second kappa shape index (κ2) is 3.95. The van der Waals surface area contributed by atoms with Gasteiger partial charge in [0, 0.05) is 11.0 Å². The Balaban J connectivity index is 1.90. The molecule has 4 atom stereocenters. The Morgan fingerprint density at radius 2 is 2.04 bits per heavy atom. The molecule has 118 valence electrons. The molecule has 2 bridgehead atoms. The Bertz CT molecular complexity index is 808. The van der Waals surface area contributed by atoms with Crippen molar-refractivity contribution in [2.45, 2.75) is 56.8 Å². The number of fused-ring (bicyclic) bond motifs is 9. The molecule has 1 aliphatic heterocycles. The molecule has 4 aliphatic rings. The van der Waals surface area contributed by atoms with Crippen LogP contribution < -0.4 is 5.32 Å². The zero-order valence-corrected chi connectivity index (χ0v) is 13.6. The van der Waals surface area contributed by atoms with E-state index in [1.807, 2.05) is 0 Å². The van der Waals surface area contributed by atoms with E-state index in [-0.39, 0.29) is 11.3 Å². The van der Waals surface area contributed by atoms with Crippen molar-refractivity contribution in [2.75, 3.05) is 5.32 Å². The van der Waals surface area contributed by atoms with Crippen LogP contribution in [0.5, 0.6) is 0 Å². The summed E-state index contributed by atoms with van der Waals surface area (Å²) in [5.74, 6) is 1.26. The molecular formula is C20H21NO2. The minimum Gasteiger partial charge on any atom is -0.325 e. The molecule has 3 nitrogen and oxygen atoms in total. The van der Waals surface area contributed by atoms with Crippen molar-refractivity contribution < 1.29 is 9.59 Å². The molecule has 0 aromatic heterocycles. The second-order valence-corrected chi connectivity index (χ2v) is 8.14. The zero-order chi connectivity index (χ0) is 16.0. The van der Waals surface area contributed by atoms with E-state index >= 15 is 0 Å². The van der Waals surface area contributed by atoms with Crippen molar-refractivity contribution in [1.29, 1.82) is 0 Å². The SMILES string of the molecule is CC12CC=CC1(C)c1c(c(C=O)cc3c1C1CCC3C1)NC2=O. The standard InChI is InChI=1S/C20H21NO2/c1-19-6-3-7-20(19,2)18(23)21-17-13(10-22)9-14-11-4-5-12(8-11)15(14)16(17)19/h3,6,9-12H,4-5,7-8H2,1-2H3,(H,21,23). The van der Waals surface area contributed by atoms with Crippen LogP contribution in [0.25, 0.3) is 0 Å². The Hall–Kier alpha value is -1.90. The van der Waals surface area contributed by atoms with E-state index in [1.165, 1.54) is 36.0 Å². The van der Waals surface area contributed by atoms with Crippen molar-refractivity contribution >= 4 is 17.9 Å². The lowest BCUT2D eigenvalue weighted by Gasteiger charge is -2.47. The molecule has 0 saturated heterocycles. The van der Waals surface area contributed by atoms with Gasteiger partial charge in [-0.2, -0.15) is 0 Å². The number of anilines is 1. The molecule has 4 unspecified atom stereocenters. The van der Waals surface area contributed by atoms with Crippen molar-refractivity contribution in [3.05, 3.63) is 40.5 Å². The summed E-state index contributed by atoms with van der Waals surface area (Å²) < 4.78 is 0. The van der Waals surface area contributed by atoms with Gasteiger partial charge in [-0.1, -0.05) is 19.1 Å². The van der Waals surface area contributed by atoms with E-state index in [1.54, 1.807) is 0 Å². The third-order valence-corrected chi connectivity index (χ3v) is 7.22. The summed E-state index contributed by atoms with van der Waals surface area (Å²) in [7, 11) is 0. The van der Waals surface area contributed by atoms with E-state index in [0.29, 0.717) is 17.4 Å². The molecule has 1 amide bonds. The highest BCUT2D eigenvalue weighted by atomic mass is 16.2. The molecule has 1 fully saturated rings. The number of aldehydes is 1. The van der Waals surface area contributed by atoms with Crippen molar-refractivity contribution in [3.63, 3.8) is 0 Å². The lowest BCUT2D eigenvalue weighted by Crippen LogP contribution is -2.51. The highest BCUT2D eigenvalue weighted by Crippen LogP contribution is 2.63. The molecule has 23 heavy (non-hydrogen) atoms. The van der Waals surface area contributed by atoms with Gasteiger partial charge in [-0.15, -0.1) is 0 Å². The molecule has 3 heteroatoms. The maximum Gasteiger partial charge on any atom is 0.231 e. The van der Waals surface area contributed by atoms with Crippen molar-refractivity contribution in [3.8, 4) is 0 Å². The maximum atomic E-state index is 12.8. The molecule has 1 aromatic rings. The summed E-state index contributed by atoms with van der Waals surface area (Å²) in [5, 5.41) is 3.10. The predicted octanol–water partition coefficient (Wildman–Crippen LogP) is 4.04. The molecule has 3 aliphatic carbocycles. The van der Waals surface area contributed by atoms with Crippen LogP contribution in [0.1, 0.15) is 78.4 Å². The van der Waals surface area contributed by atoms with Crippen LogP contribution in [0.4, 0.5) is 5.69 Å². The van der Waals surface area contributed by atoms with Crippen LogP contribution in [-0.2, 0) is 10.2 Å². The number of amides is 1. The van der Waals surface area contributed by atoms with E-state index in [0.717, 1.165) is 18.4 Å². The highest BCUT2D eigenvalue weighted by Gasteiger charge is 2.58. The maximum absolute atomic E-state index is 12.8. The summed E-state index contributed by atoms with van der Waals surface area (Å²) in [6.07, 6.45) is 9.74. The van der Waals surface area contributed by atoms with Gasteiger partial charge < -0.3 is 5.32 Å². The van der Waals surface area contributed by atoms with Crippen LogP contribution in [0.3, 0.4) is 0 Å². The van der Waals surface area contributed by atoms with Crippen LogP contribution >= 0.6 is 0 Å². The number of benzene rings is 1. The quantitative estimate of drug-likeness (QED) is 0.628. The smallest absolute Gasteiger partial charge is 0.231 e. The van der Waals surface area contributed by atoms with E-state index in [2.05, 4.69) is 37.4 Å². The normalized spacial score (nSPS) is 39.0. The van der Waals surface area contributed by atoms with Gasteiger partial charge in [0.15, 0.2) is 6.29 Å². The number of carbonyl (C=O) groups excluding carboxylic acids is 2. The lowest BCUT2D eigenvalue weighted by molar-refractivity contribution is -0.127. The van der Waals surface area contributed by atoms with Gasteiger partial charge in [-0.3, -0.25) is 9.59 Å². The van der Waals surface area contributed by atoms with Gasteiger partial charge in [0.05, 0.1) is 11.1 Å². The number of nitrogens with one attached hydrogen (secondary N) is 1. The molecule has 1 N–H and O–H groups in total. The topological polar surface area (TPSA) is 46.2 Å². The Morgan fingerprint density at radius 1 is 1.26 bits per heavy atom. The fraction of sp³-hybridized carbons (Fsp3) is 0.500. The highest BCUT2D eigenvalue weighted by molar-refractivity contribution is 6.05. The average molecular weight is 307 g/mol. The van der Waals surface area contributed by atoms with Gasteiger partial charge >= 0.3 is 0 Å². The van der Waals surface area contributed by atoms with Crippen LogP contribution in [0.15, 0.2) is 18.2 Å². The third kappa shape index (κ3) is 1.34. The minimum atomic E-state index is -0.447. The molecule has 1 saturated carbocycles. The number of hydrogen-bond acceptors (Lipinski definition) is 2. The van der Waals surface area contributed by atoms with E-state index in [9.17, 15) is 9.59 Å². The largest absolute Gasteiger partial charge is 0.325 e. The van der Waals surface area contributed by atoms with Crippen LogP contribution in [0.2, 0.25) is 0 Å². The fourth-order valence-electron chi connectivity index (χ4n) is 5.68. The Morgan fingerprint density at radius 3 is 2.83 bits per heavy atom. The number of allylic oxidation sites excluding steroid dienone is 2. The van der Waals surface area contributed by atoms with Gasteiger partial charge in [0.25, 0.3) is 0 Å². The van der Waals surface area contributed by atoms with E-state index < -0.39 is 5.41 Å². The van der Waals surface area contributed by atoms with Crippen LogP contribution in [0, 0.1) is 5.41 Å². The fourth-order valence-corrected chi connectivity index (χ4v) is 5.68. The lowest BCUT2D eigenvalue weighted by atomic mass is 9.58. The first-order valence-electron chi connectivity index (χ1n) is 8.65. The number of rotatable bonds is 1. The van der Waals surface area contributed by atoms with Crippen molar-refractivity contribution in [1.82, 2.24) is 0 Å². The summed E-state index contributed by atoms with van der Waals surface area (Å²) >= 11 is 0. The molecular weight excluding hydrogens is 286 g/mol. The molecule has 0 radical (unpaired) electrons. The van der Waals surface area contributed by atoms with Gasteiger partial charge in [-0.05, 0) is 67.2 Å². The molecule has 1 heterocycles. The number of carbonyl (C=O) groups is 2. The molecule has 5 rings (SSSR count). The number of hydrogen-bond donors (Lipinski definition) is 1. The predicted molar refractivity (Wildman–Crippen MR) is 89.0 cm³/mol. The molecule has 1 aromatic carbocycles. The summed E-state index contributed by atoms with van der Waals surface area (Å²) in [5.41, 5.74) is 4.74. The summed E-state index contributed by atoms with van der Waals surface area (Å²) in [4.78, 5) is 24.5. The summed E-state index contributed by atoms with van der Waals surface area (Å²) in [6.45, 7) is 4.26. The first-order chi connectivity index (χ1) is 11.0. The Labute approximate surface area is 136 Å². The van der Waals surface area contributed by atoms with Gasteiger partial charge in [0.1, 0.15) is 0 Å². The first kappa shape index (κ1) is 13.5. The monoisotopic (exact) mass is 307 g/mol. The third-order valence-electron chi connectivity index (χ3n) is 7.22. The summed E-state index contributed by atoms with van der Waals surface area (Å²) in [6, 6.07) is 2.05. The average Bonchev–Trinajstić information content (AvgIpc) is 3.21. The minimum absolute atomic E-state index is 0.0451. The van der Waals surface area contributed by atoms with Crippen molar-refractivity contribution in [2.24, 2.45) is 5.41 Å². The van der Waals surface area contributed by atoms with E-state index in [4.69, 9.17) is 0 Å². The van der Waals surface area contributed by atoms with Gasteiger partial charge in [0.2, 0.25) is 5.91 Å². The van der Waals surface area contributed by atoms with Gasteiger partial charge in [-0.25, -0.2) is 0 Å². The second-order valence-electron chi connectivity index (χ2n) is 8.14. The van der Waals surface area contributed by atoms with Crippen LogP contribution in [-0.4, -0.2) is 12.2 Å². The first-order valence-corrected chi connectivity index (χ1v) is 8.65. The Kier molecular flexibility index (Phi) is 2.32. The molecule has 0 spiro atoms.